The van der Waals surface area contributed by atoms with Crippen molar-refractivity contribution in [1.29, 1.82) is 0 Å². The Labute approximate surface area is 133 Å². The fraction of sp³-hybridized carbons (Fsp3) is 0.294. The lowest BCUT2D eigenvalue weighted by Gasteiger charge is -2.13. The number of aromatic amines is 1. The van der Waals surface area contributed by atoms with E-state index in [1.54, 1.807) is 11.3 Å². The number of rotatable bonds is 4. The average Bonchev–Trinajstić information content (AvgIpc) is 2.81. The third kappa shape index (κ3) is 2.82. The van der Waals surface area contributed by atoms with Crippen LogP contribution in [0.5, 0.6) is 0 Å². The van der Waals surface area contributed by atoms with Gasteiger partial charge in [-0.15, -0.1) is 11.3 Å². The Balaban J connectivity index is 1.85. The van der Waals surface area contributed by atoms with Gasteiger partial charge in [-0.1, -0.05) is 30.3 Å². The molecule has 2 N–H and O–H groups in total. The maximum atomic E-state index is 12.3. The zero-order valence-electron chi connectivity index (χ0n) is 12.9. The zero-order valence-corrected chi connectivity index (χ0v) is 13.8. The Bertz CT molecular complexity index is 851. The molecule has 0 unspecified atom stereocenters. The van der Waals surface area contributed by atoms with Crippen molar-refractivity contribution >= 4 is 21.6 Å². The van der Waals surface area contributed by atoms with Gasteiger partial charge in [0.05, 0.1) is 11.4 Å². The maximum absolute atomic E-state index is 12.3. The van der Waals surface area contributed by atoms with Gasteiger partial charge in [0.25, 0.3) is 5.56 Å². The van der Waals surface area contributed by atoms with Crippen molar-refractivity contribution in [2.24, 2.45) is 0 Å². The number of H-pyrrole nitrogens is 1. The van der Waals surface area contributed by atoms with E-state index in [1.165, 1.54) is 5.56 Å². The van der Waals surface area contributed by atoms with Crippen LogP contribution in [0.15, 0.2) is 35.1 Å². The first-order chi connectivity index (χ1) is 10.6. The minimum Gasteiger partial charge on any atom is -0.309 e. The Morgan fingerprint density at radius 1 is 1.27 bits per heavy atom. The molecule has 1 atom stereocenters. The Morgan fingerprint density at radius 2 is 2.00 bits per heavy atom. The molecule has 22 heavy (non-hydrogen) atoms. The molecule has 2 aromatic heterocycles. The molecule has 114 valence electrons. The first-order valence-corrected chi connectivity index (χ1v) is 8.15. The van der Waals surface area contributed by atoms with E-state index in [4.69, 9.17) is 0 Å². The molecule has 0 radical (unpaired) electrons. The highest BCUT2D eigenvalue weighted by Gasteiger charge is 2.14. The Kier molecular flexibility index (Phi) is 4.09. The number of fused-ring (bicyclic) bond motifs is 1. The summed E-state index contributed by atoms with van der Waals surface area (Å²) in [4.78, 5) is 21.8. The van der Waals surface area contributed by atoms with E-state index in [2.05, 4.69) is 27.4 Å². The largest absolute Gasteiger partial charge is 0.309 e. The van der Waals surface area contributed by atoms with Gasteiger partial charge < -0.3 is 10.3 Å². The van der Waals surface area contributed by atoms with Crippen LogP contribution in [0, 0.1) is 13.8 Å². The molecule has 0 spiro atoms. The van der Waals surface area contributed by atoms with E-state index >= 15 is 0 Å². The van der Waals surface area contributed by atoms with Gasteiger partial charge >= 0.3 is 0 Å². The van der Waals surface area contributed by atoms with E-state index in [0.717, 1.165) is 27.2 Å². The first kappa shape index (κ1) is 14.9. The number of hydrogen-bond donors (Lipinski definition) is 2. The van der Waals surface area contributed by atoms with Gasteiger partial charge in [-0.05, 0) is 31.9 Å². The van der Waals surface area contributed by atoms with Crippen molar-refractivity contribution in [1.82, 2.24) is 15.3 Å². The fourth-order valence-electron chi connectivity index (χ4n) is 2.44. The molecule has 0 saturated heterocycles. The second kappa shape index (κ2) is 6.02. The summed E-state index contributed by atoms with van der Waals surface area (Å²) in [6, 6.07) is 10.2. The topological polar surface area (TPSA) is 57.8 Å². The minimum atomic E-state index is -0.0461. The number of aromatic nitrogens is 2. The number of thiophene rings is 1. The number of aryl methyl sites for hydroxylation is 2. The van der Waals surface area contributed by atoms with Crippen LogP contribution in [0.25, 0.3) is 10.2 Å². The van der Waals surface area contributed by atoms with Crippen LogP contribution >= 0.6 is 11.3 Å². The second-order valence-corrected chi connectivity index (χ2v) is 6.71. The summed E-state index contributed by atoms with van der Waals surface area (Å²) in [6.07, 6.45) is 0. The molecule has 3 aromatic rings. The summed E-state index contributed by atoms with van der Waals surface area (Å²) in [7, 11) is 0. The molecule has 0 aliphatic rings. The number of nitrogens with zero attached hydrogens (tertiary/aromatic N) is 1. The molecule has 0 fully saturated rings. The summed E-state index contributed by atoms with van der Waals surface area (Å²) in [5.74, 6) is 0.690. The lowest BCUT2D eigenvalue weighted by molar-refractivity contribution is 0.547. The standard InChI is InChI=1S/C17H19N3OS/c1-10-12(3)22-17-14(10)16(21)19-15(20-17)11(2)18-9-13-7-5-4-6-8-13/h4-8,11,18H,9H2,1-3H3,(H,19,20,21)/t11-/m0/s1. The average molecular weight is 313 g/mol. The summed E-state index contributed by atoms with van der Waals surface area (Å²) in [5, 5.41) is 4.12. The van der Waals surface area contributed by atoms with Gasteiger partial charge in [-0.2, -0.15) is 0 Å². The molecule has 5 heteroatoms. The van der Waals surface area contributed by atoms with Crippen molar-refractivity contribution in [3.8, 4) is 0 Å². The van der Waals surface area contributed by atoms with Crippen LogP contribution in [-0.2, 0) is 6.54 Å². The molecule has 0 aliphatic heterocycles. The number of benzene rings is 1. The van der Waals surface area contributed by atoms with Crippen molar-refractivity contribution in [3.63, 3.8) is 0 Å². The van der Waals surface area contributed by atoms with Gasteiger partial charge in [0, 0.05) is 11.4 Å². The number of nitrogens with one attached hydrogen (secondary N) is 2. The monoisotopic (exact) mass is 313 g/mol. The van der Waals surface area contributed by atoms with Crippen LogP contribution < -0.4 is 10.9 Å². The third-order valence-electron chi connectivity index (χ3n) is 3.92. The molecule has 1 aromatic carbocycles. The van der Waals surface area contributed by atoms with E-state index in [-0.39, 0.29) is 11.6 Å². The highest BCUT2D eigenvalue weighted by Crippen LogP contribution is 2.26. The molecule has 2 heterocycles. The molecular formula is C17H19N3OS. The predicted molar refractivity (Wildman–Crippen MR) is 91.4 cm³/mol. The van der Waals surface area contributed by atoms with Gasteiger partial charge in [0.1, 0.15) is 10.7 Å². The summed E-state index contributed by atoms with van der Waals surface area (Å²) >= 11 is 1.58. The molecule has 0 amide bonds. The molecule has 0 bridgehead atoms. The highest BCUT2D eigenvalue weighted by atomic mass is 32.1. The third-order valence-corrected chi connectivity index (χ3v) is 5.02. The number of hydrogen-bond acceptors (Lipinski definition) is 4. The van der Waals surface area contributed by atoms with Crippen molar-refractivity contribution in [2.45, 2.75) is 33.4 Å². The fourth-order valence-corrected chi connectivity index (χ4v) is 3.48. The van der Waals surface area contributed by atoms with Crippen LogP contribution in [0.1, 0.15) is 34.8 Å². The van der Waals surface area contributed by atoms with Gasteiger partial charge in [0.2, 0.25) is 0 Å². The predicted octanol–water partition coefficient (Wildman–Crippen LogP) is 3.45. The van der Waals surface area contributed by atoms with E-state index < -0.39 is 0 Å². The van der Waals surface area contributed by atoms with Crippen molar-refractivity contribution in [2.75, 3.05) is 0 Å². The molecule has 0 saturated carbocycles. The summed E-state index contributed by atoms with van der Waals surface area (Å²) < 4.78 is 0. The minimum absolute atomic E-state index is 0.0139. The van der Waals surface area contributed by atoms with Crippen LogP contribution in [0.4, 0.5) is 0 Å². The SMILES string of the molecule is Cc1sc2nc([C@H](C)NCc3ccccc3)[nH]c(=O)c2c1C. The van der Waals surface area contributed by atoms with Crippen LogP contribution in [-0.4, -0.2) is 9.97 Å². The highest BCUT2D eigenvalue weighted by molar-refractivity contribution is 7.18. The van der Waals surface area contributed by atoms with E-state index in [9.17, 15) is 4.79 Å². The zero-order chi connectivity index (χ0) is 15.7. The van der Waals surface area contributed by atoms with Crippen molar-refractivity contribution < 1.29 is 0 Å². The normalized spacial score (nSPS) is 12.7. The van der Waals surface area contributed by atoms with Crippen molar-refractivity contribution in [3.05, 3.63) is 62.5 Å². The summed E-state index contributed by atoms with van der Waals surface area (Å²) in [5.41, 5.74) is 2.20. The molecule has 4 nitrogen and oxygen atoms in total. The van der Waals surface area contributed by atoms with Gasteiger partial charge in [-0.3, -0.25) is 4.79 Å². The maximum Gasteiger partial charge on any atom is 0.259 e. The second-order valence-electron chi connectivity index (χ2n) is 5.50. The van der Waals surface area contributed by atoms with Crippen LogP contribution in [0.2, 0.25) is 0 Å². The summed E-state index contributed by atoms with van der Waals surface area (Å²) in [6.45, 7) is 6.76. The lowest BCUT2D eigenvalue weighted by Crippen LogP contribution is -2.23. The Morgan fingerprint density at radius 3 is 2.73 bits per heavy atom. The lowest BCUT2D eigenvalue weighted by atomic mass is 10.2. The molecule has 3 rings (SSSR count). The van der Waals surface area contributed by atoms with E-state index in [0.29, 0.717) is 5.82 Å². The van der Waals surface area contributed by atoms with Crippen LogP contribution in [0.3, 0.4) is 0 Å². The Hall–Kier alpha value is -1.98. The smallest absolute Gasteiger partial charge is 0.259 e. The van der Waals surface area contributed by atoms with Gasteiger partial charge in [-0.25, -0.2) is 4.98 Å². The quantitative estimate of drug-likeness (QED) is 0.775. The first-order valence-electron chi connectivity index (χ1n) is 7.33. The van der Waals surface area contributed by atoms with E-state index in [1.807, 2.05) is 39.0 Å². The van der Waals surface area contributed by atoms with Gasteiger partial charge in [0.15, 0.2) is 0 Å². The molecular weight excluding hydrogens is 294 g/mol. The molecule has 0 aliphatic carbocycles.